The summed E-state index contributed by atoms with van der Waals surface area (Å²) in [5.41, 5.74) is 1.66. The summed E-state index contributed by atoms with van der Waals surface area (Å²) in [4.78, 5) is 12.1. The van der Waals surface area contributed by atoms with Crippen LogP contribution in [0.15, 0.2) is 52.9 Å². The molecule has 3 rings (SSSR count). The lowest BCUT2D eigenvalue weighted by molar-refractivity contribution is 0.0914. The van der Waals surface area contributed by atoms with E-state index in [9.17, 15) is 4.79 Å². The first-order valence-electron chi connectivity index (χ1n) is 7.21. The molecule has 0 spiro atoms. The maximum Gasteiger partial charge on any atom is 0.309 e. The molecule has 1 heterocycles. The first-order chi connectivity index (χ1) is 11.6. The molecule has 0 radical (unpaired) electrons. The second kappa shape index (κ2) is 7.47. The van der Waals surface area contributed by atoms with Crippen LogP contribution in [-0.4, -0.2) is 16.1 Å². The topological polar surface area (TPSA) is 68.0 Å². The number of nitrogens with zero attached hydrogens (tertiary/aromatic N) is 2. The van der Waals surface area contributed by atoms with Crippen LogP contribution in [0.1, 0.15) is 27.7 Å². The average molecular weight is 362 g/mol. The Bertz CT molecular complexity index is 864. The SMILES string of the molecule is O=C(NCc1ccccc1Cl)c1nnc(Cc2ccccc2Cl)o1. The molecular weight excluding hydrogens is 349 g/mol. The summed E-state index contributed by atoms with van der Waals surface area (Å²) in [5, 5.41) is 11.6. The Morgan fingerprint density at radius 2 is 1.58 bits per heavy atom. The first-order valence-corrected chi connectivity index (χ1v) is 7.96. The van der Waals surface area contributed by atoms with Gasteiger partial charge in [0.25, 0.3) is 0 Å². The van der Waals surface area contributed by atoms with Gasteiger partial charge in [-0.05, 0) is 23.3 Å². The second-order valence-electron chi connectivity index (χ2n) is 5.04. The van der Waals surface area contributed by atoms with Gasteiger partial charge in [0.15, 0.2) is 0 Å². The van der Waals surface area contributed by atoms with Crippen LogP contribution in [0.4, 0.5) is 0 Å². The standard InChI is InChI=1S/C17H13Cl2N3O2/c18-13-7-3-1-5-11(13)9-15-21-22-17(24-15)16(23)20-10-12-6-2-4-8-14(12)19/h1-8H,9-10H2,(H,20,23). The minimum absolute atomic E-state index is 0.0934. The number of hydrogen-bond acceptors (Lipinski definition) is 4. The van der Waals surface area contributed by atoms with E-state index >= 15 is 0 Å². The van der Waals surface area contributed by atoms with Crippen molar-refractivity contribution in [3.8, 4) is 0 Å². The molecular formula is C17H13Cl2N3O2. The van der Waals surface area contributed by atoms with Gasteiger partial charge in [0.05, 0.1) is 6.42 Å². The van der Waals surface area contributed by atoms with E-state index in [2.05, 4.69) is 15.5 Å². The summed E-state index contributed by atoms with van der Waals surface area (Å²) in [6.07, 6.45) is 0.366. The molecule has 0 saturated heterocycles. The number of carbonyl (C=O) groups is 1. The zero-order valence-corrected chi connectivity index (χ0v) is 14.0. The molecule has 5 nitrogen and oxygen atoms in total. The third-order valence-corrected chi connectivity index (χ3v) is 4.10. The predicted octanol–water partition coefficient (Wildman–Crippen LogP) is 3.90. The second-order valence-corrected chi connectivity index (χ2v) is 5.86. The monoisotopic (exact) mass is 361 g/mol. The molecule has 7 heteroatoms. The molecule has 1 N–H and O–H groups in total. The number of amides is 1. The third-order valence-electron chi connectivity index (χ3n) is 3.36. The Morgan fingerprint density at radius 3 is 2.25 bits per heavy atom. The zero-order valence-electron chi connectivity index (χ0n) is 12.5. The van der Waals surface area contributed by atoms with Crippen LogP contribution in [0, 0.1) is 0 Å². The van der Waals surface area contributed by atoms with Gasteiger partial charge < -0.3 is 9.73 Å². The van der Waals surface area contributed by atoms with E-state index in [-0.39, 0.29) is 12.4 Å². The molecule has 1 aromatic heterocycles. The number of halogens is 2. The molecule has 0 aliphatic heterocycles. The zero-order chi connectivity index (χ0) is 16.9. The summed E-state index contributed by atoms with van der Waals surface area (Å²) in [7, 11) is 0. The number of aromatic nitrogens is 2. The predicted molar refractivity (Wildman–Crippen MR) is 91.2 cm³/mol. The van der Waals surface area contributed by atoms with E-state index in [0.717, 1.165) is 11.1 Å². The molecule has 3 aromatic rings. The lowest BCUT2D eigenvalue weighted by Crippen LogP contribution is -2.23. The van der Waals surface area contributed by atoms with Crippen molar-refractivity contribution in [2.45, 2.75) is 13.0 Å². The highest BCUT2D eigenvalue weighted by atomic mass is 35.5. The average Bonchev–Trinajstić information content (AvgIpc) is 3.05. The van der Waals surface area contributed by atoms with Crippen molar-refractivity contribution in [1.29, 1.82) is 0 Å². The van der Waals surface area contributed by atoms with Gasteiger partial charge in [0, 0.05) is 16.6 Å². The van der Waals surface area contributed by atoms with Crippen LogP contribution in [0.25, 0.3) is 0 Å². The van der Waals surface area contributed by atoms with Gasteiger partial charge in [0.2, 0.25) is 5.89 Å². The van der Waals surface area contributed by atoms with E-state index < -0.39 is 5.91 Å². The van der Waals surface area contributed by atoms with Crippen LogP contribution in [0.2, 0.25) is 10.0 Å². The van der Waals surface area contributed by atoms with Crippen molar-refractivity contribution in [3.63, 3.8) is 0 Å². The molecule has 24 heavy (non-hydrogen) atoms. The number of carbonyl (C=O) groups excluding carboxylic acids is 1. The maximum atomic E-state index is 12.1. The molecule has 0 fully saturated rings. The number of rotatable bonds is 5. The molecule has 0 bridgehead atoms. The highest BCUT2D eigenvalue weighted by Crippen LogP contribution is 2.18. The minimum Gasteiger partial charge on any atom is -0.417 e. The van der Waals surface area contributed by atoms with Crippen LogP contribution in [0.3, 0.4) is 0 Å². The van der Waals surface area contributed by atoms with E-state index in [1.165, 1.54) is 0 Å². The summed E-state index contributed by atoms with van der Waals surface area (Å²) < 4.78 is 5.40. The van der Waals surface area contributed by atoms with Crippen molar-refractivity contribution in [3.05, 3.63) is 81.5 Å². The maximum absolute atomic E-state index is 12.1. The van der Waals surface area contributed by atoms with Crippen molar-refractivity contribution in [1.82, 2.24) is 15.5 Å². The fraction of sp³-hybridized carbons (Fsp3) is 0.118. The van der Waals surface area contributed by atoms with Gasteiger partial charge >= 0.3 is 11.8 Å². The molecule has 0 atom stereocenters. The normalized spacial score (nSPS) is 10.6. The molecule has 0 unspecified atom stereocenters. The Kier molecular flexibility index (Phi) is 5.13. The van der Waals surface area contributed by atoms with E-state index in [0.29, 0.717) is 22.4 Å². The van der Waals surface area contributed by atoms with Crippen LogP contribution >= 0.6 is 23.2 Å². The smallest absolute Gasteiger partial charge is 0.309 e. The van der Waals surface area contributed by atoms with E-state index in [4.69, 9.17) is 27.6 Å². The van der Waals surface area contributed by atoms with E-state index in [1.807, 2.05) is 36.4 Å². The summed E-state index contributed by atoms with van der Waals surface area (Å²) >= 11 is 12.1. The van der Waals surface area contributed by atoms with Crippen molar-refractivity contribution >= 4 is 29.1 Å². The van der Waals surface area contributed by atoms with Gasteiger partial charge in [-0.15, -0.1) is 10.2 Å². The minimum atomic E-state index is -0.451. The van der Waals surface area contributed by atoms with Crippen LogP contribution in [0.5, 0.6) is 0 Å². The highest BCUT2D eigenvalue weighted by Gasteiger charge is 2.15. The first kappa shape index (κ1) is 16.5. The van der Waals surface area contributed by atoms with Crippen LogP contribution < -0.4 is 5.32 Å². The Morgan fingerprint density at radius 1 is 0.958 bits per heavy atom. The lowest BCUT2D eigenvalue weighted by atomic mass is 10.1. The summed E-state index contributed by atoms with van der Waals surface area (Å²) in [6.45, 7) is 0.279. The van der Waals surface area contributed by atoms with Gasteiger partial charge in [-0.2, -0.15) is 0 Å². The molecule has 0 aliphatic rings. The van der Waals surface area contributed by atoms with Gasteiger partial charge in [-0.25, -0.2) is 0 Å². The largest absolute Gasteiger partial charge is 0.417 e. The Hall–Kier alpha value is -2.37. The molecule has 2 aromatic carbocycles. The summed E-state index contributed by atoms with van der Waals surface area (Å²) in [6, 6.07) is 14.6. The fourth-order valence-electron chi connectivity index (χ4n) is 2.11. The van der Waals surface area contributed by atoms with Gasteiger partial charge in [-0.1, -0.05) is 59.6 Å². The molecule has 122 valence electrons. The fourth-order valence-corrected chi connectivity index (χ4v) is 2.52. The molecule has 1 amide bonds. The van der Waals surface area contributed by atoms with Crippen molar-refractivity contribution < 1.29 is 9.21 Å². The van der Waals surface area contributed by atoms with Crippen molar-refractivity contribution in [2.75, 3.05) is 0 Å². The number of benzene rings is 2. The Balaban J connectivity index is 1.64. The molecule has 0 saturated carbocycles. The van der Waals surface area contributed by atoms with Gasteiger partial charge in [0.1, 0.15) is 0 Å². The quantitative estimate of drug-likeness (QED) is 0.748. The van der Waals surface area contributed by atoms with E-state index in [1.54, 1.807) is 12.1 Å². The summed E-state index contributed by atoms with van der Waals surface area (Å²) in [5.74, 6) is -0.220. The highest BCUT2D eigenvalue weighted by molar-refractivity contribution is 6.31. The number of hydrogen-bond donors (Lipinski definition) is 1. The van der Waals surface area contributed by atoms with Gasteiger partial charge in [-0.3, -0.25) is 4.79 Å². The lowest BCUT2D eigenvalue weighted by Gasteiger charge is -2.04. The molecule has 0 aliphatic carbocycles. The Labute approximate surface area is 148 Å². The van der Waals surface area contributed by atoms with Crippen LogP contribution in [-0.2, 0) is 13.0 Å². The van der Waals surface area contributed by atoms with Crippen molar-refractivity contribution in [2.24, 2.45) is 0 Å². The third kappa shape index (κ3) is 3.93. The number of nitrogens with one attached hydrogen (secondary N) is 1.